The molecule has 0 aromatic heterocycles. The summed E-state index contributed by atoms with van der Waals surface area (Å²) in [5.41, 5.74) is 3.45. The molecule has 1 aromatic rings. The van der Waals surface area contributed by atoms with Crippen molar-refractivity contribution in [3.8, 4) is 0 Å². The molecule has 2 heterocycles. The average molecular weight is 360 g/mol. The molecule has 0 aliphatic carbocycles. The Morgan fingerprint density at radius 3 is 2.37 bits per heavy atom. The topological polar surface area (TPSA) is 57.7 Å². The molecule has 5 nitrogen and oxygen atoms in total. The Kier molecular flexibility index (Phi) is 5.31. The summed E-state index contributed by atoms with van der Waals surface area (Å²) in [5, 5.41) is 0. The van der Waals surface area contributed by atoms with Crippen LogP contribution in [0.25, 0.3) is 6.08 Å². The summed E-state index contributed by atoms with van der Waals surface area (Å²) in [6, 6.07) is 7.60. The summed E-state index contributed by atoms with van der Waals surface area (Å²) >= 11 is 0. The number of hydrogen-bond acceptors (Lipinski definition) is 3. The highest BCUT2D eigenvalue weighted by Gasteiger charge is 2.26. The van der Waals surface area contributed by atoms with E-state index < -0.39 is 0 Å². The Morgan fingerprint density at radius 1 is 1.00 bits per heavy atom. The minimum absolute atomic E-state index is 0.0467. The van der Waals surface area contributed by atoms with Crippen LogP contribution in [0.1, 0.15) is 12.0 Å². The third-order valence-corrected chi connectivity index (χ3v) is 4.59. The first-order valence-corrected chi connectivity index (χ1v) is 8.64. The minimum atomic E-state index is -0.385. The van der Waals surface area contributed by atoms with Gasteiger partial charge in [-0.2, -0.15) is 0 Å². The Hall–Kier alpha value is -3.47. The van der Waals surface area contributed by atoms with Gasteiger partial charge in [-0.1, -0.05) is 55.7 Å². The van der Waals surface area contributed by atoms with Gasteiger partial charge in [0.15, 0.2) is 0 Å². The Morgan fingerprint density at radius 2 is 1.70 bits per heavy atom. The summed E-state index contributed by atoms with van der Waals surface area (Å²) in [7, 11) is 0. The second-order valence-electron chi connectivity index (χ2n) is 6.17. The van der Waals surface area contributed by atoms with Gasteiger partial charge in [0, 0.05) is 25.1 Å². The number of para-hydroxylation sites is 1. The standard InChI is InChI=1S/C22H20N2O3/c1-3-16-9-10-18-7-5-6-8-19(18)24(15-17(16)4-2)22(27)13-14-23-20(25)11-12-21(23)26/h3-12H,1-2,13-15H2/b10-9-,17-16-. The number of benzene rings is 1. The van der Waals surface area contributed by atoms with Crippen LogP contribution in [0.4, 0.5) is 5.69 Å². The van der Waals surface area contributed by atoms with E-state index in [1.54, 1.807) is 17.1 Å². The molecule has 0 bridgehead atoms. The van der Waals surface area contributed by atoms with Gasteiger partial charge in [-0.25, -0.2) is 0 Å². The fourth-order valence-corrected chi connectivity index (χ4v) is 3.11. The third-order valence-electron chi connectivity index (χ3n) is 4.59. The fraction of sp³-hybridized carbons (Fsp3) is 0.136. The lowest BCUT2D eigenvalue weighted by atomic mass is 10.0. The van der Waals surface area contributed by atoms with Crippen molar-refractivity contribution in [2.24, 2.45) is 0 Å². The molecule has 5 heteroatoms. The zero-order chi connectivity index (χ0) is 19.4. The van der Waals surface area contributed by atoms with E-state index in [4.69, 9.17) is 0 Å². The van der Waals surface area contributed by atoms with Crippen LogP contribution in [-0.4, -0.2) is 35.7 Å². The number of anilines is 1. The predicted octanol–water partition coefficient (Wildman–Crippen LogP) is 3.03. The largest absolute Gasteiger partial charge is 0.307 e. The van der Waals surface area contributed by atoms with E-state index in [9.17, 15) is 14.4 Å². The molecule has 3 rings (SSSR count). The van der Waals surface area contributed by atoms with Gasteiger partial charge in [-0.05, 0) is 22.8 Å². The SMILES string of the molecule is C=CC1=C(\C=C)CN(C(=O)CCN2C(=O)C=CC2=O)c2ccccc2/C=C\1. The number of imide groups is 1. The van der Waals surface area contributed by atoms with Crippen LogP contribution >= 0.6 is 0 Å². The highest BCUT2D eigenvalue weighted by atomic mass is 16.2. The van der Waals surface area contributed by atoms with E-state index >= 15 is 0 Å². The fourth-order valence-electron chi connectivity index (χ4n) is 3.11. The third kappa shape index (κ3) is 3.72. The molecule has 0 spiro atoms. The van der Waals surface area contributed by atoms with Crippen molar-refractivity contribution in [1.82, 2.24) is 4.90 Å². The van der Waals surface area contributed by atoms with E-state index in [2.05, 4.69) is 13.2 Å². The molecule has 1 aromatic carbocycles. The van der Waals surface area contributed by atoms with Crippen molar-refractivity contribution < 1.29 is 14.4 Å². The molecule has 27 heavy (non-hydrogen) atoms. The maximum atomic E-state index is 13.0. The molecule has 3 amide bonds. The molecule has 136 valence electrons. The van der Waals surface area contributed by atoms with E-state index in [0.717, 1.165) is 27.3 Å². The minimum Gasteiger partial charge on any atom is -0.307 e. The molecule has 2 aliphatic heterocycles. The lowest BCUT2D eigenvalue weighted by molar-refractivity contribution is -0.137. The van der Waals surface area contributed by atoms with Gasteiger partial charge in [-0.3, -0.25) is 19.3 Å². The lowest BCUT2D eigenvalue weighted by Gasteiger charge is -2.28. The molecule has 0 fully saturated rings. The number of hydrogen-bond donors (Lipinski definition) is 0. The smallest absolute Gasteiger partial charge is 0.253 e. The van der Waals surface area contributed by atoms with Crippen molar-refractivity contribution in [2.75, 3.05) is 18.0 Å². The number of carbonyl (C=O) groups is 3. The van der Waals surface area contributed by atoms with Crippen molar-refractivity contribution in [3.63, 3.8) is 0 Å². The average Bonchev–Trinajstić information content (AvgIpc) is 2.99. The van der Waals surface area contributed by atoms with Crippen LogP contribution in [-0.2, 0) is 14.4 Å². The highest BCUT2D eigenvalue weighted by Crippen LogP contribution is 2.28. The monoisotopic (exact) mass is 360 g/mol. The van der Waals surface area contributed by atoms with Crippen LogP contribution in [0, 0.1) is 0 Å². The molecular weight excluding hydrogens is 340 g/mol. The molecular formula is C22H20N2O3. The Bertz CT molecular complexity index is 903. The van der Waals surface area contributed by atoms with Crippen LogP contribution < -0.4 is 4.90 Å². The van der Waals surface area contributed by atoms with Crippen LogP contribution in [0.5, 0.6) is 0 Å². The molecule has 0 atom stereocenters. The van der Waals surface area contributed by atoms with E-state index in [0.29, 0.717) is 6.54 Å². The molecule has 0 unspecified atom stereocenters. The second kappa shape index (κ2) is 7.83. The van der Waals surface area contributed by atoms with Crippen molar-refractivity contribution in [1.29, 1.82) is 0 Å². The molecule has 0 N–H and O–H groups in total. The Labute approximate surface area is 158 Å². The molecule has 0 saturated carbocycles. The zero-order valence-corrected chi connectivity index (χ0v) is 14.9. The molecule has 0 saturated heterocycles. The zero-order valence-electron chi connectivity index (χ0n) is 14.9. The second-order valence-corrected chi connectivity index (χ2v) is 6.17. The van der Waals surface area contributed by atoms with E-state index in [-0.39, 0.29) is 30.7 Å². The first-order chi connectivity index (χ1) is 13.0. The highest BCUT2D eigenvalue weighted by molar-refractivity contribution is 6.13. The quantitative estimate of drug-likeness (QED) is 0.759. The van der Waals surface area contributed by atoms with Gasteiger partial charge >= 0.3 is 0 Å². The van der Waals surface area contributed by atoms with Gasteiger partial charge in [0.2, 0.25) is 5.91 Å². The van der Waals surface area contributed by atoms with Crippen molar-refractivity contribution in [2.45, 2.75) is 6.42 Å². The van der Waals surface area contributed by atoms with Crippen molar-refractivity contribution >= 4 is 29.5 Å². The number of fused-ring (bicyclic) bond motifs is 1. The molecule has 2 aliphatic rings. The van der Waals surface area contributed by atoms with Gasteiger partial charge in [0.05, 0.1) is 12.2 Å². The summed E-state index contributed by atoms with van der Waals surface area (Å²) in [5.74, 6) is -0.943. The van der Waals surface area contributed by atoms with E-state index in [1.807, 2.05) is 36.4 Å². The summed E-state index contributed by atoms with van der Waals surface area (Å²) in [6.07, 6.45) is 9.83. The lowest BCUT2D eigenvalue weighted by Crippen LogP contribution is -2.38. The van der Waals surface area contributed by atoms with Crippen LogP contribution in [0.2, 0.25) is 0 Å². The van der Waals surface area contributed by atoms with Gasteiger partial charge in [-0.15, -0.1) is 0 Å². The maximum Gasteiger partial charge on any atom is 0.253 e. The normalized spacial score (nSPS) is 20.1. The van der Waals surface area contributed by atoms with Gasteiger partial charge in [0.1, 0.15) is 0 Å². The van der Waals surface area contributed by atoms with Crippen molar-refractivity contribution in [3.05, 3.63) is 84.5 Å². The van der Waals surface area contributed by atoms with Gasteiger partial charge in [0.25, 0.3) is 11.8 Å². The van der Waals surface area contributed by atoms with Crippen LogP contribution in [0.3, 0.4) is 0 Å². The summed E-state index contributed by atoms with van der Waals surface area (Å²) < 4.78 is 0. The number of carbonyl (C=O) groups excluding carboxylic acids is 3. The van der Waals surface area contributed by atoms with E-state index in [1.165, 1.54) is 12.2 Å². The number of nitrogens with zero attached hydrogens (tertiary/aromatic N) is 2. The van der Waals surface area contributed by atoms with Gasteiger partial charge < -0.3 is 4.90 Å². The summed E-state index contributed by atoms with van der Waals surface area (Å²) in [4.78, 5) is 39.2. The number of amides is 3. The molecule has 0 radical (unpaired) electrons. The number of rotatable bonds is 5. The summed E-state index contributed by atoms with van der Waals surface area (Å²) in [6.45, 7) is 8.08. The first kappa shape index (κ1) is 18.3. The predicted molar refractivity (Wildman–Crippen MR) is 106 cm³/mol. The van der Waals surface area contributed by atoms with Crippen LogP contribution in [0.15, 0.2) is 78.9 Å². The first-order valence-electron chi connectivity index (χ1n) is 8.64. The maximum absolute atomic E-state index is 13.0. The number of allylic oxidation sites excluding steroid dienone is 3. The Balaban J connectivity index is 1.89.